The van der Waals surface area contributed by atoms with Gasteiger partial charge in [-0.3, -0.25) is 4.90 Å². The van der Waals surface area contributed by atoms with Crippen LogP contribution in [0.5, 0.6) is 11.6 Å². The van der Waals surface area contributed by atoms with Crippen LogP contribution in [0.1, 0.15) is 30.1 Å². The number of pyridine rings is 1. The Morgan fingerprint density at radius 2 is 2.12 bits per heavy atom. The molecule has 1 fully saturated rings. The van der Waals surface area contributed by atoms with Crippen LogP contribution in [0.3, 0.4) is 0 Å². The van der Waals surface area contributed by atoms with Crippen molar-refractivity contribution in [2.45, 2.75) is 25.3 Å². The van der Waals surface area contributed by atoms with Gasteiger partial charge in [-0.2, -0.15) is 0 Å². The second-order valence-electron chi connectivity index (χ2n) is 6.47. The van der Waals surface area contributed by atoms with Crippen molar-refractivity contribution in [2.75, 3.05) is 13.1 Å². The van der Waals surface area contributed by atoms with Gasteiger partial charge in [0.25, 0.3) is 0 Å². The Bertz CT molecular complexity index is 788. The maximum Gasteiger partial charge on any atom is 0.219 e. The van der Waals surface area contributed by atoms with Crippen LogP contribution in [0.2, 0.25) is 0 Å². The minimum Gasteiger partial charge on any atom is -0.439 e. The number of nitrogens with zero attached hydrogens (tertiary/aromatic N) is 3. The summed E-state index contributed by atoms with van der Waals surface area (Å²) in [5, 5.41) is 0. The van der Waals surface area contributed by atoms with Crippen LogP contribution in [0.25, 0.3) is 0 Å². The predicted molar refractivity (Wildman–Crippen MR) is 96.6 cm³/mol. The summed E-state index contributed by atoms with van der Waals surface area (Å²) in [6.07, 6.45) is 7.89. The third-order valence-electron chi connectivity index (χ3n) is 4.58. The van der Waals surface area contributed by atoms with Crippen LogP contribution >= 0.6 is 0 Å². The molecule has 1 atom stereocenters. The van der Waals surface area contributed by atoms with Crippen molar-refractivity contribution in [2.24, 2.45) is 0 Å². The number of H-pyrrole nitrogens is 1. The molecule has 0 bridgehead atoms. The molecular formula is C20H22N4O. The molecule has 3 heterocycles. The standard InChI is InChI=1S/C20H22N4O/c1-2-9-21-19(8-1)25-18-7-3-5-16(13-18)14-24-12-4-6-17(15-24)20-22-10-11-23-20/h1-3,5,7-11,13,17H,4,6,12,14-15H2,(H,22,23). The van der Waals surface area contributed by atoms with Crippen molar-refractivity contribution in [3.63, 3.8) is 0 Å². The minimum absolute atomic E-state index is 0.497. The Labute approximate surface area is 147 Å². The van der Waals surface area contributed by atoms with E-state index < -0.39 is 0 Å². The maximum absolute atomic E-state index is 5.84. The number of hydrogen-bond acceptors (Lipinski definition) is 4. The minimum atomic E-state index is 0.497. The highest BCUT2D eigenvalue weighted by Gasteiger charge is 2.23. The van der Waals surface area contributed by atoms with Gasteiger partial charge in [0.1, 0.15) is 11.6 Å². The predicted octanol–water partition coefficient (Wildman–Crippen LogP) is 3.98. The smallest absolute Gasteiger partial charge is 0.219 e. The number of ether oxygens (including phenoxy) is 1. The largest absolute Gasteiger partial charge is 0.439 e. The van der Waals surface area contributed by atoms with E-state index in [9.17, 15) is 0 Å². The first-order valence-corrected chi connectivity index (χ1v) is 8.76. The van der Waals surface area contributed by atoms with Crippen molar-refractivity contribution >= 4 is 0 Å². The molecule has 1 aliphatic rings. The summed E-state index contributed by atoms with van der Waals surface area (Å²) in [5.74, 6) is 3.06. The van der Waals surface area contributed by atoms with E-state index >= 15 is 0 Å². The van der Waals surface area contributed by atoms with E-state index in [4.69, 9.17) is 4.74 Å². The van der Waals surface area contributed by atoms with Gasteiger partial charge in [0.05, 0.1) is 0 Å². The summed E-state index contributed by atoms with van der Waals surface area (Å²) in [6.45, 7) is 3.10. The molecule has 0 saturated carbocycles. The summed E-state index contributed by atoms with van der Waals surface area (Å²) < 4.78 is 5.84. The lowest BCUT2D eigenvalue weighted by Gasteiger charge is -2.31. The number of aromatic nitrogens is 3. The van der Waals surface area contributed by atoms with Crippen molar-refractivity contribution in [3.05, 3.63) is 72.4 Å². The summed E-state index contributed by atoms with van der Waals surface area (Å²) >= 11 is 0. The molecule has 128 valence electrons. The molecule has 0 amide bonds. The second kappa shape index (κ2) is 7.49. The third-order valence-corrected chi connectivity index (χ3v) is 4.58. The number of nitrogens with one attached hydrogen (secondary N) is 1. The lowest BCUT2D eigenvalue weighted by atomic mass is 9.97. The van der Waals surface area contributed by atoms with E-state index in [0.29, 0.717) is 11.8 Å². The number of benzene rings is 1. The first kappa shape index (κ1) is 15.8. The number of aromatic amines is 1. The molecule has 0 aliphatic carbocycles. The van der Waals surface area contributed by atoms with E-state index in [-0.39, 0.29) is 0 Å². The first-order valence-electron chi connectivity index (χ1n) is 8.76. The molecule has 1 saturated heterocycles. The lowest BCUT2D eigenvalue weighted by Crippen LogP contribution is -2.34. The number of piperidine rings is 1. The topological polar surface area (TPSA) is 54.0 Å². The Morgan fingerprint density at radius 1 is 1.12 bits per heavy atom. The molecule has 1 N–H and O–H groups in total. The Kier molecular flexibility index (Phi) is 4.74. The van der Waals surface area contributed by atoms with Gasteiger partial charge in [0.15, 0.2) is 0 Å². The highest BCUT2D eigenvalue weighted by Crippen LogP contribution is 2.26. The van der Waals surface area contributed by atoms with E-state index in [1.54, 1.807) is 6.20 Å². The third kappa shape index (κ3) is 4.06. The van der Waals surface area contributed by atoms with Gasteiger partial charge in [-0.15, -0.1) is 0 Å². The van der Waals surface area contributed by atoms with Gasteiger partial charge in [-0.1, -0.05) is 18.2 Å². The summed E-state index contributed by atoms with van der Waals surface area (Å²) in [6, 6.07) is 13.9. The molecule has 25 heavy (non-hydrogen) atoms. The van der Waals surface area contributed by atoms with Gasteiger partial charge < -0.3 is 9.72 Å². The Balaban J connectivity index is 1.41. The maximum atomic E-state index is 5.84. The molecule has 5 nitrogen and oxygen atoms in total. The SMILES string of the molecule is c1ccc(Oc2cccc(CN3CCCC(c4ncc[nH]4)C3)c2)nc1. The van der Waals surface area contributed by atoms with Crippen LogP contribution in [0.15, 0.2) is 61.1 Å². The van der Waals surface area contributed by atoms with E-state index in [2.05, 4.69) is 32.0 Å². The van der Waals surface area contributed by atoms with Gasteiger partial charge in [0, 0.05) is 43.7 Å². The lowest BCUT2D eigenvalue weighted by molar-refractivity contribution is 0.197. The van der Waals surface area contributed by atoms with Crippen LogP contribution in [-0.4, -0.2) is 32.9 Å². The van der Waals surface area contributed by atoms with E-state index in [1.807, 2.05) is 42.7 Å². The first-order chi connectivity index (χ1) is 12.4. The van der Waals surface area contributed by atoms with Crippen LogP contribution < -0.4 is 4.74 Å². The van der Waals surface area contributed by atoms with Crippen LogP contribution in [0, 0.1) is 0 Å². The van der Waals surface area contributed by atoms with Crippen molar-refractivity contribution in [1.29, 1.82) is 0 Å². The Hall–Kier alpha value is -2.66. The van der Waals surface area contributed by atoms with Crippen LogP contribution in [0.4, 0.5) is 0 Å². The molecule has 2 aromatic heterocycles. The van der Waals surface area contributed by atoms with Crippen LogP contribution in [-0.2, 0) is 6.54 Å². The zero-order chi connectivity index (χ0) is 16.9. The molecule has 0 radical (unpaired) electrons. The van der Waals surface area contributed by atoms with E-state index in [0.717, 1.165) is 31.2 Å². The summed E-state index contributed by atoms with van der Waals surface area (Å²) in [4.78, 5) is 14.4. The average molecular weight is 334 g/mol. The molecule has 5 heteroatoms. The number of likely N-dealkylation sites (tertiary alicyclic amines) is 1. The van der Waals surface area contributed by atoms with Gasteiger partial charge >= 0.3 is 0 Å². The number of rotatable bonds is 5. The van der Waals surface area contributed by atoms with Crippen molar-refractivity contribution in [1.82, 2.24) is 19.9 Å². The molecule has 4 rings (SSSR count). The fourth-order valence-electron chi connectivity index (χ4n) is 3.42. The van der Waals surface area contributed by atoms with Gasteiger partial charge in [-0.25, -0.2) is 9.97 Å². The fourth-order valence-corrected chi connectivity index (χ4v) is 3.42. The van der Waals surface area contributed by atoms with Gasteiger partial charge in [0.2, 0.25) is 5.88 Å². The molecule has 0 spiro atoms. The molecule has 1 aliphatic heterocycles. The quantitative estimate of drug-likeness (QED) is 0.767. The average Bonchev–Trinajstić information content (AvgIpc) is 3.18. The molecular weight excluding hydrogens is 312 g/mol. The summed E-state index contributed by atoms with van der Waals surface area (Å²) in [7, 11) is 0. The zero-order valence-corrected chi connectivity index (χ0v) is 14.1. The highest BCUT2D eigenvalue weighted by atomic mass is 16.5. The van der Waals surface area contributed by atoms with Crippen molar-refractivity contribution < 1.29 is 4.74 Å². The zero-order valence-electron chi connectivity index (χ0n) is 14.1. The summed E-state index contributed by atoms with van der Waals surface area (Å²) in [5.41, 5.74) is 1.26. The molecule has 1 aromatic carbocycles. The fraction of sp³-hybridized carbons (Fsp3) is 0.300. The second-order valence-corrected chi connectivity index (χ2v) is 6.47. The number of hydrogen-bond donors (Lipinski definition) is 1. The van der Waals surface area contributed by atoms with Gasteiger partial charge in [-0.05, 0) is 43.1 Å². The van der Waals surface area contributed by atoms with Crippen molar-refractivity contribution in [3.8, 4) is 11.6 Å². The van der Waals surface area contributed by atoms with E-state index in [1.165, 1.54) is 18.4 Å². The monoisotopic (exact) mass is 334 g/mol. The number of imidazole rings is 1. The highest BCUT2D eigenvalue weighted by molar-refractivity contribution is 5.31. The molecule has 3 aromatic rings. The Morgan fingerprint density at radius 3 is 2.96 bits per heavy atom. The molecule has 1 unspecified atom stereocenters. The normalized spacial score (nSPS) is 18.2.